The average molecular weight is 338 g/mol. The lowest BCUT2D eigenvalue weighted by molar-refractivity contribution is -0.122. The molecule has 2 aliphatic rings. The summed E-state index contributed by atoms with van der Waals surface area (Å²) in [5.41, 5.74) is 2.42. The van der Waals surface area contributed by atoms with Crippen LogP contribution in [0, 0.1) is 18.8 Å². The Morgan fingerprint density at radius 3 is 2.48 bits per heavy atom. The van der Waals surface area contributed by atoms with Crippen LogP contribution in [0.1, 0.15) is 12.0 Å². The van der Waals surface area contributed by atoms with E-state index in [1.165, 1.54) is 0 Å². The van der Waals surface area contributed by atoms with Crippen molar-refractivity contribution in [3.8, 4) is 11.5 Å². The Hall–Kier alpha value is -3.02. The summed E-state index contributed by atoms with van der Waals surface area (Å²) < 4.78 is 10.5. The molecule has 128 valence electrons. The summed E-state index contributed by atoms with van der Waals surface area (Å²) in [5, 5.41) is 5.74. The van der Waals surface area contributed by atoms with Crippen LogP contribution in [0.2, 0.25) is 0 Å². The number of carbonyl (C=O) groups is 2. The number of carbonyl (C=O) groups excluding carboxylic acids is 2. The van der Waals surface area contributed by atoms with E-state index in [0.29, 0.717) is 23.6 Å². The first kappa shape index (κ1) is 15.5. The Balaban J connectivity index is 1.35. The van der Waals surface area contributed by atoms with Gasteiger partial charge in [-0.15, -0.1) is 0 Å². The minimum atomic E-state index is -0.297. The van der Waals surface area contributed by atoms with E-state index in [1.54, 1.807) is 18.2 Å². The summed E-state index contributed by atoms with van der Waals surface area (Å²) in [6.45, 7) is 2.13. The van der Waals surface area contributed by atoms with Gasteiger partial charge in [-0.3, -0.25) is 9.59 Å². The van der Waals surface area contributed by atoms with E-state index in [2.05, 4.69) is 10.6 Å². The highest BCUT2D eigenvalue weighted by Crippen LogP contribution is 2.41. The molecule has 1 saturated carbocycles. The minimum Gasteiger partial charge on any atom is -0.454 e. The standard InChI is InChI=1S/C19H18N2O4/c1-11-4-2-3-5-15(11)21-19(23)14-9-13(14)18(22)20-12-6-7-16-17(8-12)25-10-24-16/h2-8,13-14H,9-10H2,1H3,(H,20,22)(H,21,23). The van der Waals surface area contributed by atoms with Gasteiger partial charge in [-0.05, 0) is 37.1 Å². The third-order valence-corrected chi connectivity index (χ3v) is 4.51. The predicted molar refractivity (Wildman–Crippen MR) is 92.6 cm³/mol. The molecular weight excluding hydrogens is 320 g/mol. The van der Waals surface area contributed by atoms with Gasteiger partial charge >= 0.3 is 0 Å². The van der Waals surface area contributed by atoms with Crippen LogP contribution in [-0.4, -0.2) is 18.6 Å². The summed E-state index contributed by atoms with van der Waals surface area (Å²) in [4.78, 5) is 24.7. The zero-order valence-corrected chi connectivity index (χ0v) is 13.7. The quantitative estimate of drug-likeness (QED) is 0.899. The van der Waals surface area contributed by atoms with Crippen LogP contribution in [0.25, 0.3) is 0 Å². The number of amides is 2. The van der Waals surface area contributed by atoms with Crippen LogP contribution in [-0.2, 0) is 9.59 Å². The molecular formula is C19H18N2O4. The predicted octanol–water partition coefficient (Wildman–Crippen LogP) is 2.94. The minimum absolute atomic E-state index is 0.111. The number of rotatable bonds is 4. The SMILES string of the molecule is Cc1ccccc1NC(=O)C1CC1C(=O)Nc1ccc2c(c1)OCO2. The molecule has 2 amide bonds. The molecule has 1 aliphatic carbocycles. The van der Waals surface area contributed by atoms with Crippen LogP contribution >= 0.6 is 0 Å². The van der Waals surface area contributed by atoms with Gasteiger partial charge in [0.2, 0.25) is 18.6 Å². The second-order valence-corrected chi connectivity index (χ2v) is 6.31. The number of nitrogens with one attached hydrogen (secondary N) is 2. The summed E-state index contributed by atoms with van der Waals surface area (Å²) in [5.74, 6) is 0.439. The Morgan fingerprint density at radius 2 is 1.68 bits per heavy atom. The highest BCUT2D eigenvalue weighted by molar-refractivity contribution is 6.03. The monoisotopic (exact) mass is 338 g/mol. The maximum atomic E-state index is 12.3. The lowest BCUT2D eigenvalue weighted by Gasteiger charge is -2.08. The highest BCUT2D eigenvalue weighted by Gasteiger charge is 2.48. The van der Waals surface area contributed by atoms with Crippen LogP contribution < -0.4 is 20.1 Å². The first-order chi connectivity index (χ1) is 12.1. The fraction of sp³-hybridized carbons (Fsp3) is 0.263. The number of ether oxygens (including phenoxy) is 2. The first-order valence-corrected chi connectivity index (χ1v) is 8.19. The summed E-state index contributed by atoms with van der Waals surface area (Å²) >= 11 is 0. The van der Waals surface area contributed by atoms with Crippen LogP contribution in [0.4, 0.5) is 11.4 Å². The van der Waals surface area contributed by atoms with Gasteiger partial charge in [0, 0.05) is 17.4 Å². The topological polar surface area (TPSA) is 76.7 Å². The van der Waals surface area contributed by atoms with Crippen LogP contribution in [0.5, 0.6) is 11.5 Å². The smallest absolute Gasteiger partial charge is 0.231 e. The molecule has 1 heterocycles. The van der Waals surface area contributed by atoms with Crippen molar-refractivity contribution >= 4 is 23.2 Å². The van der Waals surface area contributed by atoms with Crippen molar-refractivity contribution in [2.75, 3.05) is 17.4 Å². The van der Waals surface area contributed by atoms with Gasteiger partial charge in [0.1, 0.15) is 0 Å². The second-order valence-electron chi connectivity index (χ2n) is 6.31. The number of hydrogen-bond donors (Lipinski definition) is 2. The third-order valence-electron chi connectivity index (χ3n) is 4.51. The number of aryl methyl sites for hydroxylation is 1. The van der Waals surface area contributed by atoms with Crippen molar-refractivity contribution in [3.63, 3.8) is 0 Å². The zero-order chi connectivity index (χ0) is 17.4. The molecule has 2 atom stereocenters. The lowest BCUT2D eigenvalue weighted by atomic mass is 10.2. The Bertz CT molecular complexity index is 849. The number of fused-ring (bicyclic) bond motifs is 1. The van der Waals surface area contributed by atoms with Crippen LogP contribution in [0.15, 0.2) is 42.5 Å². The second kappa shape index (κ2) is 6.12. The molecule has 0 aromatic heterocycles. The largest absolute Gasteiger partial charge is 0.454 e. The third kappa shape index (κ3) is 3.15. The molecule has 0 saturated heterocycles. The Morgan fingerprint density at radius 1 is 0.960 bits per heavy atom. The maximum Gasteiger partial charge on any atom is 0.231 e. The number of hydrogen-bond acceptors (Lipinski definition) is 4. The molecule has 0 radical (unpaired) electrons. The van der Waals surface area contributed by atoms with Gasteiger partial charge in [0.05, 0.1) is 11.8 Å². The van der Waals surface area contributed by atoms with E-state index in [9.17, 15) is 9.59 Å². The lowest BCUT2D eigenvalue weighted by Crippen LogP contribution is -2.20. The number of anilines is 2. The van der Waals surface area contributed by atoms with Gasteiger partial charge < -0.3 is 20.1 Å². The van der Waals surface area contributed by atoms with Gasteiger partial charge in [0.15, 0.2) is 11.5 Å². The molecule has 0 spiro atoms. The van der Waals surface area contributed by atoms with Crippen molar-refractivity contribution in [2.45, 2.75) is 13.3 Å². The summed E-state index contributed by atoms with van der Waals surface area (Å²) in [6, 6.07) is 12.8. The molecule has 2 N–H and O–H groups in total. The highest BCUT2D eigenvalue weighted by atomic mass is 16.7. The van der Waals surface area contributed by atoms with E-state index < -0.39 is 0 Å². The molecule has 6 heteroatoms. The number of para-hydroxylation sites is 1. The van der Waals surface area contributed by atoms with Gasteiger partial charge in [-0.1, -0.05) is 18.2 Å². The molecule has 2 aromatic rings. The zero-order valence-electron chi connectivity index (χ0n) is 13.7. The molecule has 2 aromatic carbocycles. The molecule has 2 unspecified atom stereocenters. The van der Waals surface area contributed by atoms with E-state index in [1.807, 2.05) is 31.2 Å². The molecule has 4 rings (SSSR count). The van der Waals surface area contributed by atoms with Gasteiger partial charge in [-0.25, -0.2) is 0 Å². The Labute approximate surface area is 145 Å². The molecule has 6 nitrogen and oxygen atoms in total. The summed E-state index contributed by atoms with van der Waals surface area (Å²) in [6.07, 6.45) is 0.564. The van der Waals surface area contributed by atoms with Crippen molar-refractivity contribution in [1.82, 2.24) is 0 Å². The van der Waals surface area contributed by atoms with Crippen molar-refractivity contribution in [2.24, 2.45) is 11.8 Å². The van der Waals surface area contributed by atoms with Gasteiger partial charge in [-0.2, -0.15) is 0 Å². The van der Waals surface area contributed by atoms with E-state index in [-0.39, 0.29) is 30.4 Å². The number of benzene rings is 2. The van der Waals surface area contributed by atoms with Crippen molar-refractivity contribution in [3.05, 3.63) is 48.0 Å². The molecule has 0 bridgehead atoms. The maximum absolute atomic E-state index is 12.3. The van der Waals surface area contributed by atoms with E-state index in [0.717, 1.165) is 11.3 Å². The fourth-order valence-corrected chi connectivity index (χ4v) is 2.92. The summed E-state index contributed by atoms with van der Waals surface area (Å²) in [7, 11) is 0. The normalized spacial score (nSPS) is 20.0. The Kier molecular flexibility index (Phi) is 3.80. The van der Waals surface area contributed by atoms with Crippen LogP contribution in [0.3, 0.4) is 0 Å². The van der Waals surface area contributed by atoms with Gasteiger partial charge in [0.25, 0.3) is 0 Å². The molecule has 1 fully saturated rings. The molecule has 1 aliphatic heterocycles. The first-order valence-electron chi connectivity index (χ1n) is 8.19. The van der Waals surface area contributed by atoms with E-state index in [4.69, 9.17) is 9.47 Å². The van der Waals surface area contributed by atoms with Crippen molar-refractivity contribution in [1.29, 1.82) is 0 Å². The fourth-order valence-electron chi connectivity index (χ4n) is 2.92. The van der Waals surface area contributed by atoms with E-state index >= 15 is 0 Å². The van der Waals surface area contributed by atoms with Crippen molar-refractivity contribution < 1.29 is 19.1 Å². The average Bonchev–Trinajstić information content (AvgIpc) is 3.28. The molecule has 25 heavy (non-hydrogen) atoms.